The highest BCUT2D eigenvalue weighted by atomic mass is 15.3. The first-order chi connectivity index (χ1) is 9.96. The van der Waals surface area contributed by atoms with E-state index in [0.29, 0.717) is 0 Å². The average molecular weight is 286 g/mol. The third kappa shape index (κ3) is 3.34. The van der Waals surface area contributed by atoms with E-state index in [1.54, 1.807) is 0 Å². The Kier molecular flexibility index (Phi) is 4.80. The van der Waals surface area contributed by atoms with Gasteiger partial charge in [0.2, 0.25) is 0 Å². The fraction of sp³-hybridized carbons (Fsp3) is 0.471. The number of hydrogen-bond acceptors (Lipinski definition) is 3. The van der Waals surface area contributed by atoms with E-state index in [0.717, 1.165) is 18.5 Å². The summed E-state index contributed by atoms with van der Waals surface area (Å²) in [6.07, 6.45) is 3.87. The Hall–Kier alpha value is -1.65. The van der Waals surface area contributed by atoms with Crippen LogP contribution in [0.15, 0.2) is 18.3 Å². The topological polar surface area (TPSA) is 55.9 Å². The second-order valence-corrected chi connectivity index (χ2v) is 5.86. The molecule has 0 aliphatic rings. The highest BCUT2D eigenvalue weighted by Crippen LogP contribution is 2.25. The Bertz CT molecular complexity index is 605. The zero-order chi connectivity index (χ0) is 15.6. The monoisotopic (exact) mass is 286 g/mol. The van der Waals surface area contributed by atoms with Crippen molar-refractivity contribution in [3.8, 4) is 0 Å². The molecule has 1 atom stereocenters. The molecule has 2 rings (SSSR count). The fourth-order valence-electron chi connectivity index (χ4n) is 3.11. The summed E-state index contributed by atoms with van der Waals surface area (Å²) in [5.74, 6) is 5.83. The molecule has 0 aliphatic heterocycles. The van der Waals surface area contributed by atoms with Crippen LogP contribution in [0.25, 0.3) is 0 Å². The summed E-state index contributed by atoms with van der Waals surface area (Å²) in [4.78, 5) is 0. The molecule has 2 aromatic rings. The number of aromatic nitrogens is 2. The van der Waals surface area contributed by atoms with Crippen molar-refractivity contribution >= 4 is 0 Å². The van der Waals surface area contributed by atoms with Crippen LogP contribution in [-0.2, 0) is 19.9 Å². The van der Waals surface area contributed by atoms with Gasteiger partial charge in [-0.2, -0.15) is 5.10 Å². The molecule has 0 amide bonds. The van der Waals surface area contributed by atoms with Crippen LogP contribution >= 0.6 is 0 Å². The molecule has 0 fully saturated rings. The number of rotatable bonds is 5. The standard InChI is InChI=1S/C17H26N4/c1-6-16-15(10-21(5)20-16)17(19-18)9-14-12(3)7-11(2)8-13(14)4/h7-8,10,17,19H,6,9,18H2,1-5H3. The van der Waals surface area contributed by atoms with Gasteiger partial charge < -0.3 is 0 Å². The second-order valence-electron chi connectivity index (χ2n) is 5.86. The fourth-order valence-corrected chi connectivity index (χ4v) is 3.11. The number of nitrogens with one attached hydrogen (secondary N) is 1. The van der Waals surface area contributed by atoms with Crippen molar-refractivity contribution in [2.45, 2.75) is 46.6 Å². The van der Waals surface area contributed by atoms with Gasteiger partial charge in [0.25, 0.3) is 0 Å². The molecule has 1 heterocycles. The van der Waals surface area contributed by atoms with Crippen LogP contribution in [0.5, 0.6) is 0 Å². The van der Waals surface area contributed by atoms with E-state index >= 15 is 0 Å². The Morgan fingerprint density at radius 3 is 2.38 bits per heavy atom. The lowest BCUT2D eigenvalue weighted by Crippen LogP contribution is -2.30. The van der Waals surface area contributed by atoms with Crippen molar-refractivity contribution in [2.75, 3.05) is 0 Å². The molecular weight excluding hydrogens is 260 g/mol. The van der Waals surface area contributed by atoms with Gasteiger partial charge in [-0.1, -0.05) is 24.6 Å². The molecular formula is C17H26N4. The zero-order valence-electron chi connectivity index (χ0n) is 13.7. The lowest BCUT2D eigenvalue weighted by atomic mass is 9.92. The highest BCUT2D eigenvalue weighted by Gasteiger charge is 2.19. The minimum Gasteiger partial charge on any atom is -0.275 e. The molecule has 1 aromatic heterocycles. The van der Waals surface area contributed by atoms with E-state index in [2.05, 4.69) is 56.5 Å². The van der Waals surface area contributed by atoms with Crippen molar-refractivity contribution in [3.05, 3.63) is 51.8 Å². The van der Waals surface area contributed by atoms with Crippen molar-refractivity contribution in [1.29, 1.82) is 0 Å². The van der Waals surface area contributed by atoms with Crippen molar-refractivity contribution in [1.82, 2.24) is 15.2 Å². The third-order valence-electron chi connectivity index (χ3n) is 4.10. The van der Waals surface area contributed by atoms with Gasteiger partial charge in [-0.15, -0.1) is 0 Å². The normalized spacial score (nSPS) is 12.7. The molecule has 0 saturated carbocycles. The molecule has 0 bridgehead atoms. The van der Waals surface area contributed by atoms with Gasteiger partial charge in [-0.3, -0.25) is 16.0 Å². The number of benzene rings is 1. The maximum Gasteiger partial charge on any atom is 0.0670 e. The summed E-state index contributed by atoms with van der Waals surface area (Å²) in [6, 6.07) is 4.56. The molecule has 4 nitrogen and oxygen atoms in total. The smallest absolute Gasteiger partial charge is 0.0670 e. The van der Waals surface area contributed by atoms with Crippen LogP contribution in [0.4, 0.5) is 0 Å². The van der Waals surface area contributed by atoms with Crippen LogP contribution in [0.1, 0.15) is 46.5 Å². The highest BCUT2D eigenvalue weighted by molar-refractivity contribution is 5.39. The van der Waals surface area contributed by atoms with Gasteiger partial charge in [0.05, 0.1) is 11.7 Å². The number of nitrogens with two attached hydrogens (primary N) is 1. The molecule has 0 aliphatic carbocycles. The minimum absolute atomic E-state index is 0.0914. The Labute approximate surface area is 127 Å². The van der Waals surface area contributed by atoms with Crippen LogP contribution in [0.3, 0.4) is 0 Å². The van der Waals surface area contributed by atoms with E-state index in [1.165, 1.54) is 27.8 Å². The average Bonchev–Trinajstić information content (AvgIpc) is 2.79. The van der Waals surface area contributed by atoms with Crippen LogP contribution in [-0.4, -0.2) is 9.78 Å². The van der Waals surface area contributed by atoms with E-state index in [1.807, 2.05) is 11.7 Å². The largest absolute Gasteiger partial charge is 0.275 e. The molecule has 0 saturated heterocycles. The summed E-state index contributed by atoms with van der Waals surface area (Å²) >= 11 is 0. The number of hydrazine groups is 1. The predicted octanol–water partition coefficient (Wildman–Crippen LogP) is 2.65. The first kappa shape index (κ1) is 15.7. The molecule has 21 heavy (non-hydrogen) atoms. The summed E-state index contributed by atoms with van der Waals surface area (Å²) in [6.45, 7) is 8.61. The number of nitrogens with zero attached hydrogens (tertiary/aromatic N) is 2. The number of aryl methyl sites for hydroxylation is 5. The van der Waals surface area contributed by atoms with Crippen molar-refractivity contribution < 1.29 is 0 Å². The summed E-state index contributed by atoms with van der Waals surface area (Å²) in [5, 5.41) is 4.52. The first-order valence-electron chi connectivity index (χ1n) is 7.51. The third-order valence-corrected chi connectivity index (χ3v) is 4.10. The van der Waals surface area contributed by atoms with Gasteiger partial charge >= 0.3 is 0 Å². The minimum atomic E-state index is 0.0914. The lowest BCUT2D eigenvalue weighted by molar-refractivity contribution is 0.545. The summed E-state index contributed by atoms with van der Waals surface area (Å²) in [7, 11) is 1.96. The lowest BCUT2D eigenvalue weighted by Gasteiger charge is -2.19. The first-order valence-corrected chi connectivity index (χ1v) is 7.51. The zero-order valence-corrected chi connectivity index (χ0v) is 13.7. The van der Waals surface area contributed by atoms with Gasteiger partial charge in [-0.05, 0) is 50.3 Å². The molecule has 1 aromatic carbocycles. The van der Waals surface area contributed by atoms with Gasteiger partial charge in [0.1, 0.15) is 0 Å². The molecule has 0 radical (unpaired) electrons. The predicted molar refractivity (Wildman–Crippen MR) is 87.0 cm³/mol. The van der Waals surface area contributed by atoms with E-state index in [9.17, 15) is 0 Å². The molecule has 114 valence electrons. The van der Waals surface area contributed by atoms with Crippen LogP contribution in [0.2, 0.25) is 0 Å². The van der Waals surface area contributed by atoms with E-state index in [4.69, 9.17) is 5.84 Å². The maximum atomic E-state index is 5.83. The van der Waals surface area contributed by atoms with Gasteiger partial charge in [-0.25, -0.2) is 0 Å². The molecule has 4 heteroatoms. The SMILES string of the molecule is CCc1nn(C)cc1C(Cc1c(C)cc(C)cc1C)NN. The second kappa shape index (κ2) is 6.41. The van der Waals surface area contributed by atoms with Crippen molar-refractivity contribution in [2.24, 2.45) is 12.9 Å². The summed E-state index contributed by atoms with van der Waals surface area (Å²) in [5.41, 5.74) is 10.6. The molecule has 0 spiro atoms. The van der Waals surface area contributed by atoms with Gasteiger partial charge in [0.15, 0.2) is 0 Å². The Morgan fingerprint density at radius 1 is 1.24 bits per heavy atom. The van der Waals surface area contributed by atoms with Crippen LogP contribution in [0, 0.1) is 20.8 Å². The molecule has 1 unspecified atom stereocenters. The Balaban J connectivity index is 2.35. The van der Waals surface area contributed by atoms with Gasteiger partial charge in [0, 0.05) is 18.8 Å². The van der Waals surface area contributed by atoms with Crippen molar-refractivity contribution in [3.63, 3.8) is 0 Å². The Morgan fingerprint density at radius 2 is 1.86 bits per heavy atom. The van der Waals surface area contributed by atoms with Crippen LogP contribution < -0.4 is 11.3 Å². The maximum absolute atomic E-state index is 5.83. The molecule has 3 N–H and O–H groups in total. The summed E-state index contributed by atoms with van der Waals surface area (Å²) < 4.78 is 1.87. The number of hydrogen-bond donors (Lipinski definition) is 2. The quantitative estimate of drug-likeness (QED) is 0.656. The van der Waals surface area contributed by atoms with E-state index in [-0.39, 0.29) is 6.04 Å². The van der Waals surface area contributed by atoms with E-state index < -0.39 is 0 Å².